The third-order valence-electron chi connectivity index (χ3n) is 5.06. The molecule has 1 aliphatic heterocycles. The predicted molar refractivity (Wildman–Crippen MR) is 79.6 cm³/mol. The molecule has 2 fully saturated rings. The van der Waals surface area contributed by atoms with Crippen molar-refractivity contribution in [2.75, 3.05) is 13.1 Å². The molecule has 1 aliphatic carbocycles. The van der Waals surface area contributed by atoms with E-state index in [1.807, 2.05) is 6.20 Å². The zero-order chi connectivity index (χ0) is 14.0. The van der Waals surface area contributed by atoms with Crippen LogP contribution in [0.25, 0.3) is 0 Å². The van der Waals surface area contributed by atoms with E-state index < -0.39 is 0 Å². The van der Waals surface area contributed by atoms with Crippen molar-refractivity contribution >= 4 is 0 Å². The molecule has 112 valence electrons. The molecule has 3 rings (SSSR count). The van der Waals surface area contributed by atoms with E-state index in [0.29, 0.717) is 11.6 Å². The van der Waals surface area contributed by atoms with Crippen molar-refractivity contribution in [2.45, 2.75) is 70.5 Å². The van der Waals surface area contributed by atoms with Crippen LogP contribution in [0, 0.1) is 0 Å². The van der Waals surface area contributed by atoms with Crippen molar-refractivity contribution in [3.05, 3.63) is 17.8 Å². The number of rotatable bonds is 4. The van der Waals surface area contributed by atoms with Crippen LogP contribution in [-0.4, -0.2) is 34.6 Å². The molecule has 0 bridgehead atoms. The zero-order valence-corrected chi connectivity index (χ0v) is 12.8. The number of aryl methyl sites for hydroxylation is 1. The van der Waals surface area contributed by atoms with E-state index in [1.165, 1.54) is 32.1 Å². The summed E-state index contributed by atoms with van der Waals surface area (Å²) in [4.78, 5) is 7.03. The number of piperazine rings is 1. The molecular weight excluding hydrogens is 250 g/mol. The van der Waals surface area contributed by atoms with E-state index in [2.05, 4.69) is 29.0 Å². The quantitative estimate of drug-likeness (QED) is 0.919. The van der Waals surface area contributed by atoms with Crippen LogP contribution in [0.15, 0.2) is 10.6 Å². The molecule has 1 saturated heterocycles. The maximum atomic E-state index is 5.81. The Morgan fingerprint density at radius 2 is 2.20 bits per heavy atom. The summed E-state index contributed by atoms with van der Waals surface area (Å²) in [6, 6.07) is 0.609. The van der Waals surface area contributed by atoms with Gasteiger partial charge in [0.2, 0.25) is 5.89 Å². The van der Waals surface area contributed by atoms with E-state index in [-0.39, 0.29) is 0 Å². The van der Waals surface area contributed by atoms with Gasteiger partial charge in [0, 0.05) is 31.1 Å². The first-order valence-corrected chi connectivity index (χ1v) is 8.17. The number of nitrogens with zero attached hydrogens (tertiary/aromatic N) is 2. The first-order valence-electron chi connectivity index (χ1n) is 8.17. The first-order chi connectivity index (χ1) is 9.74. The highest BCUT2D eigenvalue weighted by molar-refractivity contribution is 5.02. The molecule has 1 atom stereocenters. The molecule has 0 aromatic carbocycles. The highest BCUT2D eigenvalue weighted by atomic mass is 16.4. The van der Waals surface area contributed by atoms with Crippen molar-refractivity contribution in [2.24, 2.45) is 0 Å². The second-order valence-electron chi connectivity index (χ2n) is 6.41. The van der Waals surface area contributed by atoms with E-state index >= 15 is 0 Å². The molecule has 0 radical (unpaired) electrons. The summed E-state index contributed by atoms with van der Waals surface area (Å²) in [6.07, 6.45) is 9.38. The first kappa shape index (κ1) is 14.1. The minimum atomic E-state index is 0.367. The summed E-state index contributed by atoms with van der Waals surface area (Å²) in [5.41, 5.74) is 0.367. The summed E-state index contributed by atoms with van der Waals surface area (Å²) >= 11 is 0. The van der Waals surface area contributed by atoms with Gasteiger partial charge in [-0.25, -0.2) is 4.98 Å². The Hall–Kier alpha value is -0.870. The fraction of sp³-hybridized carbons (Fsp3) is 0.812. The predicted octanol–water partition coefficient (Wildman–Crippen LogP) is 2.73. The van der Waals surface area contributed by atoms with Gasteiger partial charge in [-0.3, -0.25) is 4.90 Å². The summed E-state index contributed by atoms with van der Waals surface area (Å²) in [5, 5.41) is 3.83. The Balaban J connectivity index is 1.70. The summed E-state index contributed by atoms with van der Waals surface area (Å²) in [6.45, 7) is 7.51. The Labute approximate surface area is 121 Å². The molecule has 1 N–H and O–H groups in total. The monoisotopic (exact) mass is 277 g/mol. The van der Waals surface area contributed by atoms with Crippen molar-refractivity contribution in [1.82, 2.24) is 15.2 Å². The van der Waals surface area contributed by atoms with Gasteiger partial charge in [0.25, 0.3) is 0 Å². The molecule has 4 heteroatoms. The second-order valence-corrected chi connectivity index (χ2v) is 6.41. The second kappa shape index (κ2) is 5.86. The van der Waals surface area contributed by atoms with Crippen LogP contribution >= 0.6 is 0 Å². The normalized spacial score (nSPS) is 26.4. The van der Waals surface area contributed by atoms with Crippen LogP contribution in [0.3, 0.4) is 0 Å². The lowest BCUT2D eigenvalue weighted by atomic mass is 9.91. The highest BCUT2D eigenvalue weighted by Crippen LogP contribution is 2.34. The number of nitrogens with one attached hydrogen (secondary N) is 1. The lowest BCUT2D eigenvalue weighted by Crippen LogP contribution is -2.62. The van der Waals surface area contributed by atoms with Crippen molar-refractivity contribution in [3.63, 3.8) is 0 Å². The molecule has 1 unspecified atom stereocenters. The largest absolute Gasteiger partial charge is 0.444 e. The summed E-state index contributed by atoms with van der Waals surface area (Å²) in [7, 11) is 0. The Morgan fingerprint density at radius 3 is 2.85 bits per heavy atom. The third kappa shape index (κ3) is 2.77. The number of oxazole rings is 1. The lowest BCUT2D eigenvalue weighted by Gasteiger charge is -2.45. The third-order valence-corrected chi connectivity index (χ3v) is 5.06. The van der Waals surface area contributed by atoms with Gasteiger partial charge < -0.3 is 9.73 Å². The molecular formula is C16H27N3O. The van der Waals surface area contributed by atoms with E-state index in [9.17, 15) is 0 Å². The van der Waals surface area contributed by atoms with E-state index in [0.717, 1.165) is 37.7 Å². The molecule has 1 aromatic heterocycles. The maximum Gasteiger partial charge on any atom is 0.208 e. The van der Waals surface area contributed by atoms with Gasteiger partial charge in [-0.15, -0.1) is 0 Å². The average Bonchev–Trinajstić information content (AvgIpc) is 3.09. The van der Waals surface area contributed by atoms with Crippen LogP contribution in [0.4, 0.5) is 0 Å². The lowest BCUT2D eigenvalue weighted by molar-refractivity contribution is 0.0642. The van der Waals surface area contributed by atoms with Crippen LogP contribution < -0.4 is 5.32 Å². The van der Waals surface area contributed by atoms with Gasteiger partial charge in [-0.1, -0.05) is 26.7 Å². The van der Waals surface area contributed by atoms with Gasteiger partial charge >= 0.3 is 0 Å². The standard InChI is InChI=1S/C16H27N3O/c1-3-13-9-18-16(7-5-6-8-16)12-19(13)11-15-17-10-14(4-2)20-15/h10,13,18H,3-9,11-12H2,1-2H3. The fourth-order valence-electron chi connectivity index (χ4n) is 3.77. The van der Waals surface area contributed by atoms with Gasteiger partial charge in [-0.05, 0) is 19.3 Å². The molecule has 0 amide bonds. The van der Waals surface area contributed by atoms with E-state index in [4.69, 9.17) is 4.42 Å². The maximum absolute atomic E-state index is 5.81. The van der Waals surface area contributed by atoms with Crippen LogP contribution in [-0.2, 0) is 13.0 Å². The molecule has 2 aliphatic rings. The zero-order valence-electron chi connectivity index (χ0n) is 12.8. The van der Waals surface area contributed by atoms with Gasteiger partial charge in [-0.2, -0.15) is 0 Å². The Morgan fingerprint density at radius 1 is 1.40 bits per heavy atom. The molecule has 1 saturated carbocycles. The average molecular weight is 277 g/mol. The Kier molecular flexibility index (Phi) is 4.13. The Bertz CT molecular complexity index is 437. The molecule has 2 heterocycles. The molecule has 20 heavy (non-hydrogen) atoms. The van der Waals surface area contributed by atoms with Crippen molar-refractivity contribution in [1.29, 1.82) is 0 Å². The van der Waals surface area contributed by atoms with Gasteiger partial charge in [0.05, 0.1) is 12.7 Å². The topological polar surface area (TPSA) is 41.3 Å². The number of hydrogen-bond acceptors (Lipinski definition) is 4. The number of hydrogen-bond donors (Lipinski definition) is 1. The van der Waals surface area contributed by atoms with Crippen LogP contribution in [0.5, 0.6) is 0 Å². The van der Waals surface area contributed by atoms with E-state index in [1.54, 1.807) is 0 Å². The van der Waals surface area contributed by atoms with Crippen molar-refractivity contribution < 1.29 is 4.42 Å². The highest BCUT2D eigenvalue weighted by Gasteiger charge is 2.40. The minimum Gasteiger partial charge on any atom is -0.444 e. The SMILES string of the molecule is CCc1cnc(CN2CC3(CCCC3)NCC2CC)o1. The van der Waals surface area contributed by atoms with Crippen LogP contribution in [0.2, 0.25) is 0 Å². The molecule has 1 aromatic rings. The summed E-state index contributed by atoms with van der Waals surface area (Å²) < 4.78 is 5.81. The van der Waals surface area contributed by atoms with Gasteiger partial charge in [0.15, 0.2) is 0 Å². The van der Waals surface area contributed by atoms with Gasteiger partial charge in [0.1, 0.15) is 5.76 Å². The summed E-state index contributed by atoms with van der Waals surface area (Å²) in [5.74, 6) is 1.88. The molecule has 4 nitrogen and oxygen atoms in total. The minimum absolute atomic E-state index is 0.367. The van der Waals surface area contributed by atoms with Crippen molar-refractivity contribution in [3.8, 4) is 0 Å². The number of aromatic nitrogens is 1. The van der Waals surface area contributed by atoms with Crippen LogP contribution in [0.1, 0.15) is 57.6 Å². The smallest absolute Gasteiger partial charge is 0.208 e. The molecule has 1 spiro atoms. The fourth-order valence-corrected chi connectivity index (χ4v) is 3.77.